The van der Waals surface area contributed by atoms with Crippen molar-refractivity contribution in [1.82, 2.24) is 0 Å². The molecular formula is C29H38O11. The smallest absolute Gasteiger partial charge is 0.338 e. The summed E-state index contributed by atoms with van der Waals surface area (Å²) in [5.41, 5.74) is -3.03. The second kappa shape index (κ2) is 9.45. The van der Waals surface area contributed by atoms with Crippen molar-refractivity contribution >= 4 is 11.9 Å². The number of cyclic esters (lactones) is 1. The summed E-state index contributed by atoms with van der Waals surface area (Å²) < 4.78 is 35.9. The summed E-state index contributed by atoms with van der Waals surface area (Å²) in [5, 5.41) is 31.9. The predicted molar refractivity (Wildman–Crippen MR) is 137 cm³/mol. The van der Waals surface area contributed by atoms with E-state index in [1.165, 1.54) is 12.2 Å². The number of carbonyl (C=O) groups is 2. The number of aliphatic hydroxyl groups excluding tert-OH is 3. The van der Waals surface area contributed by atoms with Gasteiger partial charge in [-0.05, 0) is 32.8 Å². The first kappa shape index (κ1) is 28.0. The fourth-order valence-corrected chi connectivity index (χ4v) is 7.38. The Bertz CT molecular complexity index is 1160. The molecule has 1 saturated carbocycles. The predicted octanol–water partition coefficient (Wildman–Crippen LogP) is 0.496. The van der Waals surface area contributed by atoms with E-state index in [9.17, 15) is 24.9 Å². The van der Waals surface area contributed by atoms with Crippen molar-refractivity contribution in [3.8, 4) is 0 Å². The molecule has 0 radical (unpaired) electrons. The minimum absolute atomic E-state index is 0.134. The Kier molecular flexibility index (Phi) is 6.62. The van der Waals surface area contributed by atoms with Gasteiger partial charge in [-0.3, -0.25) is 0 Å². The monoisotopic (exact) mass is 562 g/mol. The molecule has 11 nitrogen and oxygen atoms in total. The van der Waals surface area contributed by atoms with Gasteiger partial charge in [-0.25, -0.2) is 9.59 Å². The Labute approximate surface area is 232 Å². The Morgan fingerprint density at radius 2 is 1.85 bits per heavy atom. The minimum atomic E-state index is -1.22. The molecule has 6 rings (SSSR count). The Morgan fingerprint density at radius 3 is 2.55 bits per heavy atom. The van der Waals surface area contributed by atoms with Crippen LogP contribution in [-0.4, -0.2) is 107 Å². The van der Waals surface area contributed by atoms with Gasteiger partial charge in [-0.1, -0.05) is 31.2 Å². The molecule has 0 aromatic rings. The van der Waals surface area contributed by atoms with E-state index in [0.29, 0.717) is 13.0 Å². The van der Waals surface area contributed by atoms with E-state index in [4.69, 9.17) is 28.4 Å². The van der Waals surface area contributed by atoms with E-state index in [1.54, 1.807) is 26.0 Å². The molecule has 6 unspecified atom stereocenters. The topological polar surface area (TPSA) is 157 Å². The first-order chi connectivity index (χ1) is 18.9. The zero-order valence-corrected chi connectivity index (χ0v) is 23.1. The molecular weight excluding hydrogens is 524 g/mol. The highest BCUT2D eigenvalue weighted by Gasteiger charge is 2.83. The lowest BCUT2D eigenvalue weighted by Gasteiger charge is -2.58. The molecule has 2 aliphatic carbocycles. The van der Waals surface area contributed by atoms with Crippen LogP contribution in [0, 0.1) is 10.8 Å². The highest BCUT2D eigenvalue weighted by atomic mass is 16.7. The zero-order valence-electron chi connectivity index (χ0n) is 23.1. The second-order valence-electron chi connectivity index (χ2n) is 12.5. The summed E-state index contributed by atoms with van der Waals surface area (Å²) in [6, 6.07) is 0. The molecule has 220 valence electrons. The molecule has 0 amide bonds. The van der Waals surface area contributed by atoms with E-state index < -0.39 is 76.7 Å². The third-order valence-corrected chi connectivity index (χ3v) is 10.3. The van der Waals surface area contributed by atoms with Crippen LogP contribution in [0.25, 0.3) is 0 Å². The molecule has 0 aromatic heterocycles. The quantitative estimate of drug-likeness (QED) is 0.232. The summed E-state index contributed by atoms with van der Waals surface area (Å²) >= 11 is 0. The highest BCUT2D eigenvalue weighted by molar-refractivity contribution is 5.82. The van der Waals surface area contributed by atoms with Gasteiger partial charge in [0.2, 0.25) is 0 Å². The molecule has 6 aliphatic rings. The zero-order chi connectivity index (χ0) is 28.7. The van der Waals surface area contributed by atoms with Crippen LogP contribution in [0.5, 0.6) is 0 Å². The Balaban J connectivity index is 1.38. The molecule has 4 heterocycles. The number of esters is 2. The van der Waals surface area contributed by atoms with Gasteiger partial charge in [0.15, 0.2) is 6.10 Å². The Morgan fingerprint density at radius 1 is 1.10 bits per heavy atom. The number of fused-ring (bicyclic) bond motifs is 1. The molecule has 4 fully saturated rings. The largest absolute Gasteiger partial charge is 0.463 e. The fraction of sp³-hybridized carbons (Fsp3) is 0.724. The molecule has 40 heavy (non-hydrogen) atoms. The van der Waals surface area contributed by atoms with Gasteiger partial charge in [0.25, 0.3) is 0 Å². The van der Waals surface area contributed by atoms with Crippen LogP contribution in [0.3, 0.4) is 0 Å². The van der Waals surface area contributed by atoms with Crippen molar-refractivity contribution in [2.45, 2.75) is 101 Å². The Hall–Kier alpha value is -2.12. The highest BCUT2D eigenvalue weighted by Crippen LogP contribution is 2.72. The van der Waals surface area contributed by atoms with Crippen molar-refractivity contribution < 1.29 is 53.3 Å². The van der Waals surface area contributed by atoms with Crippen molar-refractivity contribution in [2.75, 3.05) is 19.8 Å². The van der Waals surface area contributed by atoms with E-state index >= 15 is 0 Å². The average Bonchev–Trinajstić information content (AvgIpc) is 3.81. The van der Waals surface area contributed by atoms with Gasteiger partial charge in [0.1, 0.15) is 36.1 Å². The first-order valence-electron chi connectivity index (χ1n) is 13.9. The SMILES string of the molecule is CC1=C[C@H]2O[C@@H]3C[C@H]4OC(=O)/C=C\C=C\C(C(C)O)OCC(O)C5(C)OC5C(=O)OC[C@@]2(C[C@H]1O)[C@]4(C)C31CO1. The molecule has 3 saturated heterocycles. The molecule has 2 bridgehead atoms. The van der Waals surface area contributed by atoms with Crippen LogP contribution in [0.2, 0.25) is 0 Å². The normalized spacial score (nSPS) is 52.6. The van der Waals surface area contributed by atoms with Crippen LogP contribution >= 0.6 is 0 Å². The van der Waals surface area contributed by atoms with E-state index in [-0.39, 0.29) is 25.7 Å². The van der Waals surface area contributed by atoms with E-state index in [1.807, 2.05) is 19.9 Å². The number of hydrogen-bond acceptors (Lipinski definition) is 11. The summed E-state index contributed by atoms with van der Waals surface area (Å²) in [7, 11) is 0. The van der Waals surface area contributed by atoms with E-state index in [0.717, 1.165) is 5.57 Å². The van der Waals surface area contributed by atoms with Gasteiger partial charge in [0.05, 0.1) is 43.0 Å². The minimum Gasteiger partial charge on any atom is -0.463 e. The van der Waals surface area contributed by atoms with Crippen molar-refractivity contribution in [2.24, 2.45) is 10.8 Å². The lowest BCUT2D eigenvalue weighted by molar-refractivity contribution is -0.239. The second-order valence-corrected chi connectivity index (χ2v) is 12.5. The summed E-state index contributed by atoms with van der Waals surface area (Å²) in [5.74, 6) is -1.23. The van der Waals surface area contributed by atoms with Crippen LogP contribution in [-0.2, 0) is 38.0 Å². The molecule has 3 N–H and O–H groups in total. The molecule has 0 aromatic carbocycles. The maximum absolute atomic E-state index is 13.3. The number of rotatable bonds is 1. The standard InChI is InChI=1S/C29H38O11/c1-15-9-21-28(11-17(15)31)13-36-25(34)24-26(3,40-24)19(32)12-35-18(16(2)30)7-5-6-8-23(33)39-20-10-22(38-21)29(14-37-29)27(20,28)4/h5-9,16-22,24,30-32H,10-14H2,1-4H3/b7-5+,8-6-/t16?,17-,18?,19?,20-,21-,22-,24?,26?,27-,28-,29?/m1/s1. The average molecular weight is 563 g/mol. The molecule has 11 heteroatoms. The summed E-state index contributed by atoms with van der Waals surface area (Å²) in [4.78, 5) is 26.3. The number of aliphatic hydroxyl groups is 3. The van der Waals surface area contributed by atoms with Gasteiger partial charge in [0, 0.05) is 17.9 Å². The van der Waals surface area contributed by atoms with Crippen molar-refractivity contribution in [1.29, 1.82) is 0 Å². The van der Waals surface area contributed by atoms with Gasteiger partial charge in [-0.15, -0.1) is 0 Å². The molecule has 4 aliphatic heterocycles. The van der Waals surface area contributed by atoms with Crippen LogP contribution in [0.15, 0.2) is 36.0 Å². The molecule has 12 atom stereocenters. The number of hydrogen-bond donors (Lipinski definition) is 3. The van der Waals surface area contributed by atoms with Crippen LogP contribution in [0.1, 0.15) is 40.5 Å². The van der Waals surface area contributed by atoms with Crippen molar-refractivity contribution in [3.63, 3.8) is 0 Å². The van der Waals surface area contributed by atoms with Crippen LogP contribution in [0.4, 0.5) is 0 Å². The lowest BCUT2D eigenvalue weighted by atomic mass is 9.51. The third-order valence-electron chi connectivity index (χ3n) is 10.3. The van der Waals surface area contributed by atoms with Crippen molar-refractivity contribution in [3.05, 3.63) is 36.0 Å². The molecule has 2 spiro atoms. The number of allylic oxidation sites excluding steroid dienone is 2. The van der Waals surface area contributed by atoms with Gasteiger partial charge < -0.3 is 43.7 Å². The maximum atomic E-state index is 13.3. The van der Waals surface area contributed by atoms with E-state index in [2.05, 4.69) is 0 Å². The van der Waals surface area contributed by atoms with Gasteiger partial charge in [-0.2, -0.15) is 0 Å². The lowest BCUT2D eigenvalue weighted by Crippen LogP contribution is -2.68. The van der Waals surface area contributed by atoms with Crippen LogP contribution < -0.4 is 0 Å². The van der Waals surface area contributed by atoms with Gasteiger partial charge >= 0.3 is 11.9 Å². The first-order valence-corrected chi connectivity index (χ1v) is 13.9. The number of epoxide rings is 2. The third kappa shape index (κ3) is 3.97. The summed E-state index contributed by atoms with van der Waals surface area (Å²) in [6.45, 7) is 7.03. The maximum Gasteiger partial charge on any atom is 0.338 e. The number of ether oxygens (including phenoxy) is 6. The summed E-state index contributed by atoms with van der Waals surface area (Å²) in [6.07, 6.45) is 2.24. The number of carbonyl (C=O) groups excluding carboxylic acids is 2. The fourth-order valence-electron chi connectivity index (χ4n) is 7.38.